The van der Waals surface area contributed by atoms with Gasteiger partial charge in [0.2, 0.25) is 5.91 Å². The molecule has 1 saturated carbocycles. The van der Waals surface area contributed by atoms with Crippen molar-refractivity contribution in [3.63, 3.8) is 0 Å². The average molecular weight is 395 g/mol. The lowest BCUT2D eigenvalue weighted by atomic mass is 9.62. The van der Waals surface area contributed by atoms with E-state index in [0.717, 1.165) is 38.4 Å². The van der Waals surface area contributed by atoms with E-state index < -0.39 is 0 Å². The largest absolute Gasteiger partial charge is 0.381 e. The van der Waals surface area contributed by atoms with E-state index in [1.165, 1.54) is 25.7 Å². The fourth-order valence-corrected chi connectivity index (χ4v) is 5.60. The number of nitrogens with zero attached hydrogens (tertiary/aromatic N) is 1. The molecule has 2 aliphatic heterocycles. The molecule has 4 rings (SSSR count). The van der Waals surface area contributed by atoms with E-state index in [0.29, 0.717) is 23.3 Å². The summed E-state index contributed by atoms with van der Waals surface area (Å²) < 4.78 is 11.8. The summed E-state index contributed by atoms with van der Waals surface area (Å²) >= 11 is 0. The first-order valence-electron chi connectivity index (χ1n) is 9.89. The summed E-state index contributed by atoms with van der Waals surface area (Å²) in [6.07, 6.45) is 4.78. The number of halogens is 1. The van der Waals surface area contributed by atoms with Gasteiger partial charge in [-0.05, 0) is 42.9 Å². The van der Waals surface area contributed by atoms with Crippen molar-refractivity contribution in [1.29, 1.82) is 0 Å². The normalized spacial score (nSPS) is 33.4. The highest BCUT2D eigenvalue weighted by molar-refractivity contribution is 5.92. The van der Waals surface area contributed by atoms with Crippen LogP contribution < -0.4 is 5.73 Å². The molecule has 0 spiro atoms. The van der Waals surface area contributed by atoms with E-state index in [9.17, 15) is 4.79 Å². The third kappa shape index (κ3) is 3.75. The van der Waals surface area contributed by atoms with Gasteiger partial charge >= 0.3 is 0 Å². The van der Waals surface area contributed by atoms with E-state index in [1.807, 2.05) is 19.2 Å². The van der Waals surface area contributed by atoms with Gasteiger partial charge in [-0.25, -0.2) is 0 Å². The maximum Gasteiger partial charge on any atom is 0.248 e. The number of hydrogen-bond acceptors (Lipinski definition) is 4. The molecule has 27 heavy (non-hydrogen) atoms. The van der Waals surface area contributed by atoms with Gasteiger partial charge in [-0.1, -0.05) is 18.6 Å². The Morgan fingerprint density at radius 2 is 2.04 bits per heavy atom. The number of primary amides is 1. The second-order valence-electron chi connectivity index (χ2n) is 8.22. The zero-order valence-electron chi connectivity index (χ0n) is 16.1. The molecule has 0 radical (unpaired) electrons. The Balaban J connectivity index is 0.00000210. The van der Waals surface area contributed by atoms with Gasteiger partial charge in [0, 0.05) is 50.8 Å². The Morgan fingerprint density at radius 1 is 1.30 bits per heavy atom. The first-order chi connectivity index (χ1) is 12.6. The number of hydrogen-bond donors (Lipinski definition) is 1. The lowest BCUT2D eigenvalue weighted by molar-refractivity contribution is -0.170. The van der Waals surface area contributed by atoms with E-state index in [-0.39, 0.29) is 23.9 Å². The summed E-state index contributed by atoms with van der Waals surface area (Å²) in [7, 11) is 1.84. The van der Waals surface area contributed by atoms with Crippen molar-refractivity contribution < 1.29 is 14.3 Å². The lowest BCUT2D eigenvalue weighted by Crippen LogP contribution is -2.59. The van der Waals surface area contributed by atoms with Crippen molar-refractivity contribution >= 4 is 18.3 Å². The molecule has 3 fully saturated rings. The predicted molar refractivity (Wildman–Crippen MR) is 107 cm³/mol. The van der Waals surface area contributed by atoms with Crippen molar-refractivity contribution in [1.82, 2.24) is 4.90 Å². The molecule has 1 unspecified atom stereocenters. The van der Waals surface area contributed by atoms with E-state index in [2.05, 4.69) is 11.0 Å². The zero-order valence-corrected chi connectivity index (χ0v) is 16.9. The van der Waals surface area contributed by atoms with Gasteiger partial charge in [0.25, 0.3) is 0 Å². The second-order valence-corrected chi connectivity index (χ2v) is 8.22. The first kappa shape index (κ1) is 20.6. The standard InChI is InChI=1S/C21H30N2O3.ClH/c1-25-21(17-5-2-4-16(10-17)20(22)24)18-6-3-7-19(21)13-23(12-18)11-15-8-9-26-14-15;/h2,4-5,10,15,18-19H,3,6-9,11-14H2,1H3,(H2,22,24);1H/t15-,18-,19+,21?;/m0./s1. The SMILES string of the molecule is COC1(c2cccc(C(N)=O)c2)[C@@H]2CCC[C@H]1CN(C[C@@H]1CCOC1)C2.Cl. The number of ether oxygens (including phenoxy) is 2. The molecule has 1 aromatic carbocycles. The molecular weight excluding hydrogens is 364 g/mol. The van der Waals surface area contributed by atoms with E-state index in [1.54, 1.807) is 6.07 Å². The van der Waals surface area contributed by atoms with Crippen molar-refractivity contribution in [2.75, 3.05) is 40.0 Å². The smallest absolute Gasteiger partial charge is 0.248 e. The number of rotatable bonds is 5. The molecule has 1 aromatic rings. The van der Waals surface area contributed by atoms with Crippen LogP contribution in [-0.4, -0.2) is 50.8 Å². The topological polar surface area (TPSA) is 64.8 Å². The van der Waals surface area contributed by atoms with Crippen molar-refractivity contribution in [2.45, 2.75) is 31.3 Å². The highest BCUT2D eigenvalue weighted by atomic mass is 35.5. The highest BCUT2D eigenvalue weighted by Gasteiger charge is 2.53. The van der Waals surface area contributed by atoms with Gasteiger partial charge in [-0.15, -0.1) is 12.4 Å². The number of carbonyl (C=O) groups excluding carboxylic acids is 1. The van der Waals surface area contributed by atoms with Gasteiger partial charge in [0.15, 0.2) is 0 Å². The first-order valence-corrected chi connectivity index (χ1v) is 9.89. The van der Waals surface area contributed by atoms with E-state index >= 15 is 0 Å². The van der Waals surface area contributed by atoms with Crippen LogP contribution in [0.2, 0.25) is 0 Å². The van der Waals surface area contributed by atoms with Gasteiger partial charge in [0.05, 0.1) is 6.61 Å². The molecule has 2 heterocycles. The number of carbonyl (C=O) groups is 1. The number of amides is 1. The monoisotopic (exact) mass is 394 g/mol. The van der Waals surface area contributed by atoms with Gasteiger partial charge in [0.1, 0.15) is 5.60 Å². The van der Waals surface area contributed by atoms with Crippen molar-refractivity contribution in [3.05, 3.63) is 35.4 Å². The molecule has 1 amide bonds. The molecule has 5 nitrogen and oxygen atoms in total. The third-order valence-electron chi connectivity index (χ3n) is 6.75. The predicted octanol–water partition coefficient (Wildman–Crippen LogP) is 2.82. The molecular formula is C21H31ClN2O3. The number of nitrogens with two attached hydrogens (primary N) is 1. The van der Waals surface area contributed by atoms with Crippen LogP contribution in [0, 0.1) is 17.8 Å². The maximum absolute atomic E-state index is 11.7. The molecule has 2 saturated heterocycles. The van der Waals surface area contributed by atoms with Crippen LogP contribution in [-0.2, 0) is 15.1 Å². The fraction of sp³-hybridized carbons (Fsp3) is 0.667. The summed E-state index contributed by atoms with van der Waals surface area (Å²) in [6.45, 7) is 5.06. The number of methoxy groups -OCH3 is 1. The van der Waals surface area contributed by atoms with Crippen molar-refractivity contribution in [2.24, 2.45) is 23.5 Å². The van der Waals surface area contributed by atoms with Crippen LogP contribution >= 0.6 is 12.4 Å². The number of piperidine rings is 1. The maximum atomic E-state index is 11.7. The third-order valence-corrected chi connectivity index (χ3v) is 6.75. The molecule has 0 aromatic heterocycles. The quantitative estimate of drug-likeness (QED) is 0.834. The molecule has 2 N–H and O–H groups in total. The minimum Gasteiger partial charge on any atom is -0.381 e. The van der Waals surface area contributed by atoms with Gasteiger partial charge < -0.3 is 20.1 Å². The highest BCUT2D eigenvalue weighted by Crippen LogP contribution is 2.51. The molecule has 2 bridgehead atoms. The van der Waals surface area contributed by atoms with Crippen LogP contribution in [0.3, 0.4) is 0 Å². The summed E-state index contributed by atoms with van der Waals surface area (Å²) in [6, 6.07) is 7.80. The van der Waals surface area contributed by atoms with Gasteiger partial charge in [-0.3, -0.25) is 4.79 Å². The van der Waals surface area contributed by atoms with Gasteiger partial charge in [-0.2, -0.15) is 0 Å². The van der Waals surface area contributed by atoms with E-state index in [4.69, 9.17) is 15.2 Å². The van der Waals surface area contributed by atoms with Crippen LogP contribution in [0.25, 0.3) is 0 Å². The number of fused-ring (bicyclic) bond motifs is 2. The molecule has 6 heteroatoms. The summed E-state index contributed by atoms with van der Waals surface area (Å²) in [4.78, 5) is 14.3. The minimum atomic E-state index is -0.373. The average Bonchev–Trinajstić information content (AvgIpc) is 3.14. The summed E-state index contributed by atoms with van der Waals surface area (Å²) in [5, 5.41) is 0. The summed E-state index contributed by atoms with van der Waals surface area (Å²) in [5.41, 5.74) is 6.92. The Hall–Kier alpha value is -1.14. The van der Waals surface area contributed by atoms with Crippen LogP contribution in [0.15, 0.2) is 24.3 Å². The minimum absolute atomic E-state index is 0. The number of benzene rings is 1. The Labute approximate surface area is 168 Å². The Bertz CT molecular complexity index is 649. The Morgan fingerprint density at radius 3 is 2.63 bits per heavy atom. The van der Waals surface area contributed by atoms with Crippen LogP contribution in [0.4, 0.5) is 0 Å². The molecule has 3 aliphatic rings. The number of likely N-dealkylation sites (tertiary alicyclic amines) is 1. The Kier molecular flexibility index (Phi) is 6.46. The zero-order chi connectivity index (χ0) is 18.1. The second kappa shape index (κ2) is 8.48. The van der Waals surface area contributed by atoms with Crippen LogP contribution in [0.1, 0.15) is 41.6 Å². The summed E-state index contributed by atoms with van der Waals surface area (Å²) in [5.74, 6) is 1.20. The molecule has 150 valence electrons. The lowest BCUT2D eigenvalue weighted by Gasteiger charge is -2.55. The fourth-order valence-electron chi connectivity index (χ4n) is 5.60. The molecule has 4 atom stereocenters. The van der Waals surface area contributed by atoms with Crippen molar-refractivity contribution in [3.8, 4) is 0 Å². The van der Waals surface area contributed by atoms with Crippen LogP contribution in [0.5, 0.6) is 0 Å². The molecule has 1 aliphatic carbocycles.